The lowest BCUT2D eigenvalue weighted by Crippen LogP contribution is -2.50. The van der Waals surface area contributed by atoms with Gasteiger partial charge in [-0.3, -0.25) is 4.79 Å². The molecule has 3 N–H and O–H groups in total. The molecule has 0 aromatic carbocycles. The molecule has 1 fully saturated rings. The van der Waals surface area contributed by atoms with E-state index in [0.29, 0.717) is 19.5 Å². The molecule has 0 aromatic heterocycles. The molecule has 0 saturated carbocycles. The molecule has 3 atom stereocenters. The fourth-order valence-corrected chi connectivity index (χ4v) is 3.52. The van der Waals surface area contributed by atoms with Crippen molar-refractivity contribution in [1.29, 1.82) is 0 Å². The highest BCUT2D eigenvalue weighted by atomic mass is 32.2. The number of piperidine rings is 1. The van der Waals surface area contributed by atoms with Crippen molar-refractivity contribution in [3.8, 4) is 0 Å². The van der Waals surface area contributed by atoms with Gasteiger partial charge in [0, 0.05) is 25.2 Å². The minimum absolute atomic E-state index is 0.0383. The first-order chi connectivity index (χ1) is 8.85. The van der Waals surface area contributed by atoms with Gasteiger partial charge in [-0.25, -0.2) is 13.1 Å². The standard InChI is InChI=1S/C12H21N3O3S/c1-19(17,18)14-11-3-2-6-15(8-11)12(16)9-4-5-10(13)7-9/h4-5,9-11,14H,2-3,6-8,13H2,1H3. The molecule has 3 unspecified atom stereocenters. The summed E-state index contributed by atoms with van der Waals surface area (Å²) in [6, 6.07) is -0.213. The first-order valence-corrected chi connectivity index (χ1v) is 8.44. The van der Waals surface area contributed by atoms with Crippen LogP contribution in [0.1, 0.15) is 19.3 Å². The van der Waals surface area contributed by atoms with Crippen molar-refractivity contribution in [3.05, 3.63) is 12.2 Å². The fraction of sp³-hybridized carbons (Fsp3) is 0.750. The summed E-state index contributed by atoms with van der Waals surface area (Å²) in [5.74, 6) is -0.0869. The molecule has 1 amide bonds. The van der Waals surface area contributed by atoms with Crippen LogP contribution in [0.3, 0.4) is 0 Å². The van der Waals surface area contributed by atoms with E-state index in [1.54, 1.807) is 4.90 Å². The first kappa shape index (κ1) is 14.5. The summed E-state index contributed by atoms with van der Waals surface area (Å²) in [5.41, 5.74) is 5.75. The van der Waals surface area contributed by atoms with Crippen LogP contribution in [0, 0.1) is 5.92 Å². The Bertz CT molecular complexity index is 475. The van der Waals surface area contributed by atoms with Crippen LogP contribution < -0.4 is 10.5 Å². The number of nitrogens with one attached hydrogen (secondary N) is 1. The summed E-state index contributed by atoms with van der Waals surface area (Å²) in [7, 11) is -3.22. The maximum absolute atomic E-state index is 12.3. The SMILES string of the molecule is CS(=O)(=O)NC1CCCN(C(=O)C2C=CC(N)C2)C1. The number of hydrogen-bond donors (Lipinski definition) is 2. The highest BCUT2D eigenvalue weighted by Crippen LogP contribution is 2.21. The summed E-state index contributed by atoms with van der Waals surface area (Å²) in [5, 5.41) is 0. The maximum atomic E-state index is 12.3. The van der Waals surface area contributed by atoms with Crippen molar-refractivity contribution < 1.29 is 13.2 Å². The topological polar surface area (TPSA) is 92.5 Å². The van der Waals surface area contributed by atoms with E-state index in [9.17, 15) is 13.2 Å². The second-order valence-electron chi connectivity index (χ2n) is 5.40. The van der Waals surface area contributed by atoms with Crippen molar-refractivity contribution in [2.75, 3.05) is 19.3 Å². The first-order valence-electron chi connectivity index (χ1n) is 6.55. The number of sulfonamides is 1. The highest BCUT2D eigenvalue weighted by Gasteiger charge is 2.31. The molecule has 1 aliphatic heterocycles. The number of likely N-dealkylation sites (tertiary alicyclic amines) is 1. The van der Waals surface area contributed by atoms with Gasteiger partial charge in [0.2, 0.25) is 15.9 Å². The third kappa shape index (κ3) is 4.02. The maximum Gasteiger partial charge on any atom is 0.229 e. The van der Waals surface area contributed by atoms with Gasteiger partial charge >= 0.3 is 0 Å². The minimum Gasteiger partial charge on any atom is -0.341 e. The van der Waals surface area contributed by atoms with E-state index in [2.05, 4.69) is 4.72 Å². The molecule has 2 rings (SSSR count). The average molecular weight is 287 g/mol. The number of amides is 1. The third-order valence-corrected chi connectivity index (χ3v) is 4.31. The summed E-state index contributed by atoms with van der Waals surface area (Å²) >= 11 is 0. The normalized spacial score (nSPS) is 31.7. The lowest BCUT2D eigenvalue weighted by Gasteiger charge is -2.34. The van der Waals surface area contributed by atoms with Gasteiger partial charge in [0.15, 0.2) is 0 Å². The largest absolute Gasteiger partial charge is 0.341 e. The van der Waals surface area contributed by atoms with Gasteiger partial charge in [0.1, 0.15) is 0 Å². The Morgan fingerprint density at radius 2 is 2.16 bits per heavy atom. The summed E-state index contributed by atoms with van der Waals surface area (Å²) in [6.07, 6.45) is 7.11. The van der Waals surface area contributed by atoms with Gasteiger partial charge in [0.25, 0.3) is 0 Å². The molecule has 1 heterocycles. The highest BCUT2D eigenvalue weighted by molar-refractivity contribution is 7.88. The molecule has 7 heteroatoms. The summed E-state index contributed by atoms with van der Waals surface area (Å²) in [4.78, 5) is 14.0. The zero-order valence-corrected chi connectivity index (χ0v) is 11.9. The molecule has 1 aliphatic carbocycles. The number of hydrogen-bond acceptors (Lipinski definition) is 4. The van der Waals surface area contributed by atoms with Crippen LogP contribution in [0.4, 0.5) is 0 Å². The van der Waals surface area contributed by atoms with Crippen LogP contribution in [0.15, 0.2) is 12.2 Å². The number of carbonyl (C=O) groups is 1. The fourth-order valence-electron chi connectivity index (χ4n) is 2.72. The molecule has 108 valence electrons. The molecular formula is C12H21N3O3S. The quantitative estimate of drug-likeness (QED) is 0.680. The number of carbonyl (C=O) groups excluding carboxylic acids is 1. The van der Waals surface area contributed by atoms with Gasteiger partial charge < -0.3 is 10.6 Å². The Kier molecular flexibility index (Phi) is 4.27. The van der Waals surface area contributed by atoms with Crippen molar-refractivity contribution in [3.63, 3.8) is 0 Å². The molecule has 6 nitrogen and oxygen atoms in total. The van der Waals surface area contributed by atoms with Crippen LogP contribution >= 0.6 is 0 Å². The van der Waals surface area contributed by atoms with E-state index in [-0.39, 0.29) is 23.9 Å². The van der Waals surface area contributed by atoms with Gasteiger partial charge in [-0.05, 0) is 19.3 Å². The Morgan fingerprint density at radius 3 is 2.74 bits per heavy atom. The number of nitrogens with two attached hydrogens (primary N) is 1. The van der Waals surface area contributed by atoms with Crippen molar-refractivity contribution in [1.82, 2.24) is 9.62 Å². The Hall–Kier alpha value is -0.920. The molecule has 2 aliphatic rings. The van der Waals surface area contributed by atoms with Crippen LogP contribution in [-0.4, -0.2) is 50.7 Å². The molecule has 19 heavy (non-hydrogen) atoms. The van der Waals surface area contributed by atoms with Gasteiger partial charge in [-0.1, -0.05) is 12.2 Å². The second-order valence-corrected chi connectivity index (χ2v) is 7.18. The van der Waals surface area contributed by atoms with Crippen LogP contribution in [-0.2, 0) is 14.8 Å². The van der Waals surface area contributed by atoms with Gasteiger partial charge in [-0.15, -0.1) is 0 Å². The zero-order chi connectivity index (χ0) is 14.0. The Balaban J connectivity index is 1.94. The van der Waals surface area contributed by atoms with Gasteiger partial charge in [-0.2, -0.15) is 0 Å². The molecular weight excluding hydrogens is 266 g/mol. The van der Waals surface area contributed by atoms with Crippen LogP contribution in [0.5, 0.6) is 0 Å². The van der Waals surface area contributed by atoms with Crippen LogP contribution in [0.25, 0.3) is 0 Å². The molecule has 1 saturated heterocycles. The van der Waals surface area contributed by atoms with E-state index in [0.717, 1.165) is 19.1 Å². The predicted octanol–water partition coefficient (Wildman–Crippen LogP) is -0.570. The Labute approximate surface area is 114 Å². The molecule has 0 aromatic rings. The average Bonchev–Trinajstić information content (AvgIpc) is 2.73. The minimum atomic E-state index is -3.22. The van der Waals surface area contributed by atoms with Gasteiger partial charge in [0.05, 0.1) is 12.2 Å². The number of nitrogens with zero attached hydrogens (tertiary/aromatic N) is 1. The number of rotatable bonds is 3. The van der Waals surface area contributed by atoms with E-state index in [1.165, 1.54) is 0 Å². The van der Waals surface area contributed by atoms with E-state index < -0.39 is 10.0 Å². The monoisotopic (exact) mass is 287 g/mol. The van der Waals surface area contributed by atoms with Crippen molar-refractivity contribution >= 4 is 15.9 Å². The second kappa shape index (κ2) is 5.60. The van der Waals surface area contributed by atoms with Crippen molar-refractivity contribution in [2.45, 2.75) is 31.3 Å². The van der Waals surface area contributed by atoms with E-state index >= 15 is 0 Å². The lowest BCUT2D eigenvalue weighted by molar-refractivity contribution is -0.135. The van der Waals surface area contributed by atoms with Crippen LogP contribution in [0.2, 0.25) is 0 Å². The molecule has 0 bridgehead atoms. The Morgan fingerprint density at radius 1 is 1.42 bits per heavy atom. The smallest absolute Gasteiger partial charge is 0.229 e. The summed E-state index contributed by atoms with van der Waals surface area (Å²) in [6.45, 7) is 1.14. The molecule has 0 spiro atoms. The summed E-state index contributed by atoms with van der Waals surface area (Å²) < 4.78 is 25.0. The molecule has 0 radical (unpaired) electrons. The predicted molar refractivity (Wildman–Crippen MR) is 72.8 cm³/mol. The van der Waals surface area contributed by atoms with Crippen molar-refractivity contribution in [2.24, 2.45) is 11.7 Å². The van der Waals surface area contributed by atoms with E-state index in [1.807, 2.05) is 12.2 Å². The lowest BCUT2D eigenvalue weighted by atomic mass is 10.0. The third-order valence-electron chi connectivity index (χ3n) is 3.55. The zero-order valence-electron chi connectivity index (χ0n) is 11.1. The van der Waals surface area contributed by atoms with E-state index in [4.69, 9.17) is 5.73 Å².